The van der Waals surface area contributed by atoms with E-state index in [1.165, 1.54) is 18.2 Å². The lowest BCUT2D eigenvalue weighted by Crippen LogP contribution is -2.24. The second kappa shape index (κ2) is 7.25. The molecule has 0 aliphatic carbocycles. The molecular weight excluding hydrogens is 289 g/mol. The van der Waals surface area contributed by atoms with Gasteiger partial charge in [0.2, 0.25) is 0 Å². The van der Waals surface area contributed by atoms with E-state index in [1.807, 2.05) is 0 Å². The Hall–Kier alpha value is -1.10. The smallest absolute Gasteiger partial charge is 0.175 e. The van der Waals surface area contributed by atoms with Crippen LogP contribution in [-0.4, -0.2) is 20.7 Å². The zero-order valence-electron chi connectivity index (χ0n) is 13.5. The zero-order valence-corrected chi connectivity index (χ0v) is 14.3. The van der Waals surface area contributed by atoms with Crippen LogP contribution in [0.15, 0.2) is 23.1 Å². The largest absolute Gasteiger partial charge is 0.380 e. The van der Waals surface area contributed by atoms with E-state index in [1.54, 1.807) is 0 Å². The summed E-state index contributed by atoms with van der Waals surface area (Å²) in [5.74, 6) is 0.560. The molecule has 0 aromatic heterocycles. The Kier molecular flexibility index (Phi) is 6.20. The fourth-order valence-electron chi connectivity index (χ4n) is 2.42. The zero-order chi connectivity index (χ0) is 16.2. The number of rotatable bonds is 7. The minimum atomic E-state index is -3.33. The van der Waals surface area contributed by atoms with Gasteiger partial charge in [0.1, 0.15) is 5.82 Å². The van der Waals surface area contributed by atoms with Crippen LogP contribution in [0.3, 0.4) is 0 Å². The summed E-state index contributed by atoms with van der Waals surface area (Å²) in [5.41, 5.74) is 0.268. The Balaban J connectivity index is 3.02. The first kappa shape index (κ1) is 18.0. The highest BCUT2D eigenvalue weighted by atomic mass is 32.2. The van der Waals surface area contributed by atoms with Gasteiger partial charge in [-0.3, -0.25) is 0 Å². The van der Waals surface area contributed by atoms with Crippen molar-refractivity contribution in [1.82, 2.24) is 0 Å². The topological polar surface area (TPSA) is 46.2 Å². The molecule has 0 fully saturated rings. The van der Waals surface area contributed by atoms with Crippen LogP contribution in [0.25, 0.3) is 0 Å². The number of benzene rings is 1. The summed E-state index contributed by atoms with van der Waals surface area (Å²) in [6.07, 6.45) is 2.96. The van der Waals surface area contributed by atoms with E-state index < -0.39 is 15.7 Å². The summed E-state index contributed by atoms with van der Waals surface area (Å²) in [4.78, 5) is 0.138. The van der Waals surface area contributed by atoms with Crippen molar-refractivity contribution in [3.63, 3.8) is 0 Å². The lowest BCUT2D eigenvalue weighted by atomic mass is 9.95. The number of anilines is 1. The van der Waals surface area contributed by atoms with Gasteiger partial charge in [0.05, 0.1) is 10.6 Å². The molecule has 0 atom stereocenters. The number of hydrogen-bond acceptors (Lipinski definition) is 3. The highest BCUT2D eigenvalue weighted by Crippen LogP contribution is 2.24. The van der Waals surface area contributed by atoms with Gasteiger partial charge in [0.25, 0.3) is 0 Å². The molecule has 1 N–H and O–H groups in total. The van der Waals surface area contributed by atoms with E-state index in [9.17, 15) is 12.8 Å². The summed E-state index contributed by atoms with van der Waals surface area (Å²) in [5, 5.41) is 3.18. The van der Waals surface area contributed by atoms with E-state index in [0.29, 0.717) is 11.8 Å². The first-order chi connectivity index (χ1) is 9.59. The molecule has 0 saturated carbocycles. The summed E-state index contributed by atoms with van der Waals surface area (Å²) in [7, 11) is -3.33. The lowest BCUT2D eigenvalue weighted by molar-refractivity contribution is 0.440. The van der Waals surface area contributed by atoms with Gasteiger partial charge < -0.3 is 5.32 Å². The predicted molar refractivity (Wildman–Crippen MR) is 85.8 cm³/mol. The maximum atomic E-state index is 13.9. The first-order valence-corrected chi connectivity index (χ1v) is 9.25. The summed E-state index contributed by atoms with van der Waals surface area (Å²) in [6.45, 7) is 8.49. The van der Waals surface area contributed by atoms with Crippen molar-refractivity contribution in [1.29, 1.82) is 0 Å². The third kappa shape index (κ3) is 6.04. The van der Waals surface area contributed by atoms with Gasteiger partial charge in [0.15, 0.2) is 9.84 Å². The van der Waals surface area contributed by atoms with E-state index >= 15 is 0 Å². The van der Waals surface area contributed by atoms with Crippen molar-refractivity contribution in [3.05, 3.63) is 24.0 Å². The van der Waals surface area contributed by atoms with Gasteiger partial charge in [-0.25, -0.2) is 12.8 Å². The van der Waals surface area contributed by atoms with E-state index in [2.05, 4.69) is 33.0 Å². The quantitative estimate of drug-likeness (QED) is 0.771. The molecule has 1 rings (SSSR count). The molecule has 0 saturated heterocycles. The van der Waals surface area contributed by atoms with Crippen molar-refractivity contribution in [2.24, 2.45) is 11.8 Å². The van der Waals surface area contributed by atoms with E-state index in [4.69, 9.17) is 0 Å². The fourth-order valence-corrected chi connectivity index (χ4v) is 3.06. The van der Waals surface area contributed by atoms with E-state index in [-0.39, 0.29) is 16.6 Å². The van der Waals surface area contributed by atoms with Crippen LogP contribution in [0.4, 0.5) is 10.1 Å². The third-order valence-electron chi connectivity index (χ3n) is 3.24. The Bertz CT molecular complexity index is 558. The van der Waals surface area contributed by atoms with Gasteiger partial charge >= 0.3 is 0 Å². The lowest BCUT2D eigenvalue weighted by Gasteiger charge is -2.24. The van der Waals surface area contributed by atoms with Crippen LogP contribution in [0.2, 0.25) is 0 Å². The third-order valence-corrected chi connectivity index (χ3v) is 4.35. The van der Waals surface area contributed by atoms with E-state index in [0.717, 1.165) is 19.1 Å². The van der Waals surface area contributed by atoms with Gasteiger partial charge in [-0.2, -0.15) is 0 Å². The normalized spacial score (nSPS) is 12.4. The van der Waals surface area contributed by atoms with Crippen LogP contribution >= 0.6 is 0 Å². The molecule has 0 aliphatic rings. The molecule has 0 spiro atoms. The molecule has 0 radical (unpaired) electrons. The number of nitrogens with one attached hydrogen (secondary N) is 1. The summed E-state index contributed by atoms with van der Waals surface area (Å²) >= 11 is 0. The van der Waals surface area contributed by atoms with Crippen molar-refractivity contribution in [2.75, 3.05) is 11.6 Å². The van der Waals surface area contributed by atoms with Gasteiger partial charge in [0, 0.05) is 12.3 Å². The Morgan fingerprint density at radius 2 is 1.62 bits per heavy atom. The molecule has 0 aliphatic heterocycles. The van der Waals surface area contributed by atoms with Crippen molar-refractivity contribution in [2.45, 2.75) is 51.5 Å². The molecule has 0 heterocycles. The van der Waals surface area contributed by atoms with Crippen LogP contribution < -0.4 is 5.32 Å². The number of sulfone groups is 1. The predicted octanol–water partition coefficient (Wildman–Crippen LogP) is 4.10. The number of halogens is 1. The van der Waals surface area contributed by atoms with Crippen LogP contribution in [0.5, 0.6) is 0 Å². The summed E-state index contributed by atoms with van der Waals surface area (Å²) in [6, 6.07) is 4.03. The average Bonchev–Trinajstić information content (AvgIpc) is 2.28. The highest BCUT2D eigenvalue weighted by Gasteiger charge is 2.16. The minimum absolute atomic E-state index is 0.134. The molecular formula is C16H26FNO2S. The van der Waals surface area contributed by atoms with Crippen LogP contribution in [0, 0.1) is 17.7 Å². The monoisotopic (exact) mass is 315 g/mol. The molecule has 120 valence electrons. The SMILES string of the molecule is CC(C)CC(CC(C)C)Nc1cc(S(C)(=O)=O)ccc1F. The molecule has 5 heteroatoms. The highest BCUT2D eigenvalue weighted by molar-refractivity contribution is 7.90. The molecule has 0 unspecified atom stereocenters. The molecule has 0 amide bonds. The van der Waals surface area contributed by atoms with Crippen molar-refractivity contribution in [3.8, 4) is 0 Å². The van der Waals surface area contributed by atoms with Crippen LogP contribution in [0.1, 0.15) is 40.5 Å². The van der Waals surface area contributed by atoms with Crippen molar-refractivity contribution < 1.29 is 12.8 Å². The maximum absolute atomic E-state index is 13.9. The number of hydrogen-bond donors (Lipinski definition) is 1. The fraction of sp³-hybridized carbons (Fsp3) is 0.625. The molecule has 1 aromatic rings. The average molecular weight is 315 g/mol. The second-order valence-corrected chi connectivity index (χ2v) is 8.53. The Morgan fingerprint density at radius 3 is 2.05 bits per heavy atom. The second-order valence-electron chi connectivity index (χ2n) is 6.51. The molecule has 21 heavy (non-hydrogen) atoms. The van der Waals surface area contributed by atoms with Gasteiger partial charge in [-0.05, 0) is 42.9 Å². The maximum Gasteiger partial charge on any atom is 0.175 e. The molecule has 1 aromatic carbocycles. The van der Waals surface area contributed by atoms with Gasteiger partial charge in [-0.1, -0.05) is 27.7 Å². The Morgan fingerprint density at radius 1 is 1.10 bits per heavy atom. The van der Waals surface area contributed by atoms with Crippen molar-refractivity contribution >= 4 is 15.5 Å². The standard InChI is InChI=1S/C16H26FNO2S/c1-11(2)8-13(9-12(3)4)18-16-10-14(21(5,19)20)6-7-15(16)17/h6-7,10-13,18H,8-9H2,1-5H3. The Labute approximate surface area is 127 Å². The minimum Gasteiger partial charge on any atom is -0.380 e. The first-order valence-electron chi connectivity index (χ1n) is 7.35. The van der Waals surface area contributed by atoms with Crippen LogP contribution in [-0.2, 0) is 9.84 Å². The van der Waals surface area contributed by atoms with Gasteiger partial charge in [-0.15, -0.1) is 0 Å². The summed E-state index contributed by atoms with van der Waals surface area (Å²) < 4.78 is 37.1. The molecule has 0 bridgehead atoms. The molecule has 3 nitrogen and oxygen atoms in total.